The van der Waals surface area contributed by atoms with Crippen LogP contribution in [0.15, 0.2) is 0 Å². The average molecular weight is 263 g/mol. The van der Waals surface area contributed by atoms with E-state index in [0.717, 1.165) is 29.8 Å². The van der Waals surface area contributed by atoms with Gasteiger partial charge in [0.2, 0.25) is 0 Å². The summed E-state index contributed by atoms with van der Waals surface area (Å²) in [6.45, 7) is 4.64. The number of halogens is 3. The third-order valence-electron chi connectivity index (χ3n) is 2.95. The number of nitrogens with two attached hydrogens (primary N) is 1. The van der Waals surface area contributed by atoms with E-state index in [1.54, 1.807) is 4.68 Å². The van der Waals surface area contributed by atoms with E-state index in [1.165, 1.54) is 0 Å². The van der Waals surface area contributed by atoms with Crippen LogP contribution in [0.25, 0.3) is 0 Å². The Morgan fingerprint density at radius 2 is 1.89 bits per heavy atom. The van der Waals surface area contributed by atoms with Crippen LogP contribution in [0.3, 0.4) is 0 Å². The molecule has 0 aliphatic rings. The lowest BCUT2D eigenvalue weighted by molar-refractivity contribution is -0.136. The Hall–Kier alpha value is -1.04. The molecule has 0 aromatic carbocycles. The van der Waals surface area contributed by atoms with Crippen molar-refractivity contribution in [2.75, 3.05) is 0 Å². The van der Waals surface area contributed by atoms with Gasteiger partial charge in [0, 0.05) is 30.8 Å². The summed E-state index contributed by atoms with van der Waals surface area (Å²) in [5.74, 6) is 0. The van der Waals surface area contributed by atoms with Crippen molar-refractivity contribution in [1.82, 2.24) is 9.78 Å². The summed E-state index contributed by atoms with van der Waals surface area (Å²) in [4.78, 5) is 0. The quantitative estimate of drug-likeness (QED) is 0.857. The van der Waals surface area contributed by atoms with E-state index in [2.05, 4.69) is 5.10 Å². The third kappa shape index (κ3) is 3.73. The van der Waals surface area contributed by atoms with E-state index in [4.69, 9.17) is 5.73 Å². The van der Waals surface area contributed by atoms with Gasteiger partial charge in [-0.3, -0.25) is 4.68 Å². The maximum absolute atomic E-state index is 12.1. The molecule has 0 atom stereocenters. The number of nitrogens with zero attached hydrogens (tertiary/aromatic N) is 2. The van der Waals surface area contributed by atoms with E-state index in [-0.39, 0.29) is 6.42 Å². The van der Waals surface area contributed by atoms with E-state index >= 15 is 0 Å². The summed E-state index contributed by atoms with van der Waals surface area (Å²) in [6, 6.07) is 0. The van der Waals surface area contributed by atoms with E-state index in [1.807, 2.05) is 13.8 Å². The van der Waals surface area contributed by atoms with Gasteiger partial charge in [-0.25, -0.2) is 0 Å². The second-order valence-electron chi connectivity index (χ2n) is 4.23. The fraction of sp³-hybridized carbons (Fsp3) is 0.750. The SMILES string of the molecule is CCc1nn(CCCC(F)(F)F)c(CC)c1CN. The molecule has 0 saturated carbocycles. The molecule has 0 spiro atoms. The van der Waals surface area contributed by atoms with Gasteiger partial charge in [-0.05, 0) is 19.3 Å². The number of rotatable bonds is 6. The minimum atomic E-state index is -4.09. The standard InChI is InChI=1S/C12H20F3N3/c1-3-10-9(8-16)11(4-2)18(17-10)7-5-6-12(13,14)15/h3-8,16H2,1-2H3. The van der Waals surface area contributed by atoms with Gasteiger partial charge in [0.05, 0.1) is 5.69 Å². The van der Waals surface area contributed by atoms with Crippen LogP contribution in [0.1, 0.15) is 43.6 Å². The van der Waals surface area contributed by atoms with Gasteiger partial charge in [0.1, 0.15) is 0 Å². The van der Waals surface area contributed by atoms with E-state index in [9.17, 15) is 13.2 Å². The number of aromatic nitrogens is 2. The highest BCUT2D eigenvalue weighted by Gasteiger charge is 2.26. The van der Waals surface area contributed by atoms with Crippen molar-refractivity contribution in [3.8, 4) is 0 Å². The highest BCUT2D eigenvalue weighted by atomic mass is 19.4. The summed E-state index contributed by atoms with van der Waals surface area (Å²) < 4.78 is 38.0. The Morgan fingerprint density at radius 3 is 2.33 bits per heavy atom. The monoisotopic (exact) mass is 263 g/mol. The largest absolute Gasteiger partial charge is 0.389 e. The molecule has 0 unspecified atom stereocenters. The molecule has 0 aliphatic heterocycles. The lowest BCUT2D eigenvalue weighted by atomic mass is 10.1. The molecular weight excluding hydrogens is 243 g/mol. The third-order valence-corrected chi connectivity index (χ3v) is 2.95. The molecule has 6 heteroatoms. The van der Waals surface area contributed by atoms with Gasteiger partial charge in [-0.15, -0.1) is 0 Å². The summed E-state index contributed by atoms with van der Waals surface area (Å²) in [6.07, 6.45) is -3.30. The molecule has 1 rings (SSSR count). The molecule has 0 fully saturated rings. The highest BCUT2D eigenvalue weighted by Crippen LogP contribution is 2.22. The fourth-order valence-corrected chi connectivity index (χ4v) is 2.12. The Labute approximate surface area is 105 Å². The van der Waals surface area contributed by atoms with Gasteiger partial charge in [-0.1, -0.05) is 13.8 Å². The lowest BCUT2D eigenvalue weighted by Crippen LogP contribution is -2.12. The van der Waals surface area contributed by atoms with Crippen molar-refractivity contribution in [2.24, 2.45) is 5.73 Å². The summed E-state index contributed by atoms with van der Waals surface area (Å²) in [5.41, 5.74) is 8.55. The summed E-state index contributed by atoms with van der Waals surface area (Å²) in [7, 11) is 0. The maximum atomic E-state index is 12.1. The zero-order valence-electron chi connectivity index (χ0n) is 10.8. The van der Waals surface area contributed by atoms with Gasteiger partial charge in [0.15, 0.2) is 0 Å². The van der Waals surface area contributed by atoms with Crippen molar-refractivity contribution in [1.29, 1.82) is 0 Å². The Bertz CT molecular complexity index is 383. The lowest BCUT2D eigenvalue weighted by Gasteiger charge is -2.09. The Balaban J connectivity index is 2.79. The minimum Gasteiger partial charge on any atom is -0.326 e. The second-order valence-corrected chi connectivity index (χ2v) is 4.23. The molecular formula is C12H20F3N3. The summed E-state index contributed by atoms with van der Waals surface area (Å²) >= 11 is 0. The van der Waals surface area contributed by atoms with Gasteiger partial charge < -0.3 is 5.73 Å². The highest BCUT2D eigenvalue weighted by molar-refractivity contribution is 5.26. The van der Waals surface area contributed by atoms with Crippen LogP contribution < -0.4 is 5.73 Å². The van der Waals surface area contributed by atoms with Crippen LogP contribution in [-0.4, -0.2) is 16.0 Å². The normalized spacial score (nSPS) is 12.1. The van der Waals surface area contributed by atoms with E-state index < -0.39 is 12.6 Å². The molecule has 0 aliphatic carbocycles. The predicted octanol–water partition coefficient (Wildman–Crippen LogP) is 2.81. The number of hydrogen-bond acceptors (Lipinski definition) is 2. The van der Waals surface area contributed by atoms with Gasteiger partial charge >= 0.3 is 6.18 Å². The second kappa shape index (κ2) is 6.22. The number of hydrogen-bond donors (Lipinski definition) is 1. The Morgan fingerprint density at radius 1 is 1.22 bits per heavy atom. The van der Waals surface area contributed by atoms with Gasteiger partial charge in [-0.2, -0.15) is 18.3 Å². The van der Waals surface area contributed by atoms with Crippen molar-refractivity contribution in [3.63, 3.8) is 0 Å². The maximum Gasteiger partial charge on any atom is 0.389 e. The molecule has 0 saturated heterocycles. The van der Waals surface area contributed by atoms with Crippen LogP contribution in [0.4, 0.5) is 13.2 Å². The van der Waals surface area contributed by atoms with Gasteiger partial charge in [0.25, 0.3) is 0 Å². The van der Waals surface area contributed by atoms with Crippen molar-refractivity contribution < 1.29 is 13.2 Å². The first-order valence-electron chi connectivity index (χ1n) is 6.27. The van der Waals surface area contributed by atoms with Crippen molar-refractivity contribution >= 4 is 0 Å². The summed E-state index contributed by atoms with van der Waals surface area (Å²) in [5, 5.41) is 4.36. The molecule has 104 valence electrons. The fourth-order valence-electron chi connectivity index (χ4n) is 2.12. The molecule has 0 bridgehead atoms. The topological polar surface area (TPSA) is 43.8 Å². The van der Waals surface area contributed by atoms with Crippen molar-refractivity contribution in [2.45, 2.75) is 58.8 Å². The van der Waals surface area contributed by atoms with Crippen LogP contribution >= 0.6 is 0 Å². The van der Waals surface area contributed by atoms with Crippen LogP contribution in [0.2, 0.25) is 0 Å². The first kappa shape index (κ1) is 15.0. The molecule has 1 aromatic heterocycles. The number of alkyl halides is 3. The smallest absolute Gasteiger partial charge is 0.326 e. The molecule has 1 heterocycles. The molecule has 0 amide bonds. The molecule has 1 aromatic rings. The zero-order valence-corrected chi connectivity index (χ0v) is 10.8. The minimum absolute atomic E-state index is 0.0609. The molecule has 0 radical (unpaired) electrons. The van der Waals surface area contributed by atoms with Crippen LogP contribution in [0, 0.1) is 0 Å². The first-order chi connectivity index (χ1) is 8.42. The number of aryl methyl sites for hydroxylation is 2. The van der Waals surface area contributed by atoms with Crippen molar-refractivity contribution in [3.05, 3.63) is 17.0 Å². The first-order valence-corrected chi connectivity index (χ1v) is 6.27. The Kier molecular flexibility index (Phi) is 5.19. The predicted molar refractivity (Wildman–Crippen MR) is 64.2 cm³/mol. The zero-order chi connectivity index (χ0) is 13.8. The molecule has 2 N–H and O–H groups in total. The van der Waals surface area contributed by atoms with E-state index in [0.29, 0.717) is 13.1 Å². The molecule has 18 heavy (non-hydrogen) atoms. The average Bonchev–Trinajstić information content (AvgIpc) is 2.64. The molecule has 3 nitrogen and oxygen atoms in total. The van der Waals surface area contributed by atoms with Crippen LogP contribution in [0.5, 0.6) is 0 Å². The van der Waals surface area contributed by atoms with Crippen LogP contribution in [-0.2, 0) is 25.9 Å².